The van der Waals surface area contributed by atoms with Gasteiger partial charge in [-0.3, -0.25) is 0 Å². The van der Waals surface area contributed by atoms with E-state index < -0.39 is 0 Å². The summed E-state index contributed by atoms with van der Waals surface area (Å²) in [4.78, 5) is 0. The number of hydrogen-bond acceptors (Lipinski definition) is 0. The largest absolute Gasteiger partial charge is 0.0619 e. The second kappa shape index (κ2) is 10.3. The van der Waals surface area contributed by atoms with Gasteiger partial charge in [0.15, 0.2) is 0 Å². The van der Waals surface area contributed by atoms with E-state index in [4.69, 9.17) is 0 Å². The minimum atomic E-state index is -0.105. The fraction of sp³-hybridized carbons (Fsp3) is 0.115. The van der Waals surface area contributed by atoms with Crippen LogP contribution in [-0.4, -0.2) is 0 Å². The van der Waals surface area contributed by atoms with Crippen LogP contribution < -0.4 is 0 Å². The zero-order valence-corrected chi connectivity index (χ0v) is 30.0. The summed E-state index contributed by atoms with van der Waals surface area (Å²) in [6.07, 6.45) is 0. The zero-order chi connectivity index (χ0) is 34.9. The lowest BCUT2D eigenvalue weighted by Crippen LogP contribution is -2.23. The normalized spacial score (nSPS) is 14.8. The van der Waals surface area contributed by atoms with Gasteiger partial charge in [0.2, 0.25) is 0 Å². The SMILES string of the molecule is CC1(C)c2ccccc2-c2c1cc(-c1c3ccccc3c(-c3ccc4c5c(cccc35)C(C)(C)c3ccccc3-4)c3ccccc13)c1ccccc21. The Bertz CT molecular complexity index is 2950. The van der Waals surface area contributed by atoms with Gasteiger partial charge in [0.25, 0.3) is 0 Å². The molecule has 0 spiro atoms. The van der Waals surface area contributed by atoms with Crippen molar-refractivity contribution in [3.63, 3.8) is 0 Å². The van der Waals surface area contributed by atoms with E-state index in [-0.39, 0.29) is 10.8 Å². The highest BCUT2D eigenvalue weighted by atomic mass is 14.4. The van der Waals surface area contributed by atoms with Gasteiger partial charge in [-0.25, -0.2) is 0 Å². The molecule has 0 radical (unpaired) electrons. The van der Waals surface area contributed by atoms with E-state index in [1.54, 1.807) is 0 Å². The molecule has 9 aromatic carbocycles. The predicted molar refractivity (Wildman–Crippen MR) is 222 cm³/mol. The maximum Gasteiger partial charge on any atom is 0.0159 e. The van der Waals surface area contributed by atoms with Crippen LogP contribution in [0.1, 0.15) is 49.9 Å². The van der Waals surface area contributed by atoms with Crippen LogP contribution in [0.2, 0.25) is 0 Å². The van der Waals surface area contributed by atoms with E-state index in [0.29, 0.717) is 0 Å². The molecule has 9 aromatic rings. The number of benzene rings is 9. The lowest BCUT2D eigenvalue weighted by Gasteiger charge is -2.35. The summed E-state index contributed by atoms with van der Waals surface area (Å²) in [5.74, 6) is 0. The van der Waals surface area contributed by atoms with Gasteiger partial charge in [0, 0.05) is 10.8 Å². The molecule has 0 aromatic heterocycles. The van der Waals surface area contributed by atoms with Crippen LogP contribution in [0.25, 0.3) is 87.6 Å². The van der Waals surface area contributed by atoms with Crippen molar-refractivity contribution in [1.82, 2.24) is 0 Å². The van der Waals surface area contributed by atoms with Crippen LogP contribution >= 0.6 is 0 Å². The van der Waals surface area contributed by atoms with Gasteiger partial charge >= 0.3 is 0 Å². The summed E-state index contributed by atoms with van der Waals surface area (Å²) in [5.41, 5.74) is 16.1. The highest BCUT2D eigenvalue weighted by Gasteiger charge is 2.38. The number of fused-ring (bicyclic) bond motifs is 9. The van der Waals surface area contributed by atoms with Crippen LogP contribution in [0, 0.1) is 0 Å². The molecule has 0 aliphatic heterocycles. The molecule has 0 heterocycles. The van der Waals surface area contributed by atoms with Gasteiger partial charge < -0.3 is 0 Å². The lowest BCUT2D eigenvalue weighted by atomic mass is 9.68. The Hall–Kier alpha value is -5.98. The van der Waals surface area contributed by atoms with Gasteiger partial charge in [-0.15, -0.1) is 0 Å². The number of hydrogen-bond donors (Lipinski definition) is 0. The molecular weight excluding hydrogens is 625 g/mol. The average molecular weight is 663 g/mol. The number of rotatable bonds is 2. The molecule has 0 N–H and O–H groups in total. The third kappa shape index (κ3) is 3.72. The highest BCUT2D eigenvalue weighted by molar-refractivity contribution is 6.27. The molecule has 2 aliphatic carbocycles. The summed E-state index contributed by atoms with van der Waals surface area (Å²) in [5, 5.41) is 10.5. The Labute approximate surface area is 305 Å². The Morgan fingerprint density at radius 2 is 0.692 bits per heavy atom. The predicted octanol–water partition coefficient (Wildman–Crippen LogP) is 14.2. The lowest BCUT2D eigenvalue weighted by molar-refractivity contribution is 0.645. The average Bonchev–Trinajstić information content (AvgIpc) is 3.41. The smallest absolute Gasteiger partial charge is 0.0159 e. The monoisotopic (exact) mass is 662 g/mol. The van der Waals surface area contributed by atoms with E-state index in [1.165, 1.54) is 110 Å². The van der Waals surface area contributed by atoms with Crippen molar-refractivity contribution in [3.8, 4) is 44.5 Å². The first-order valence-corrected chi connectivity index (χ1v) is 18.6. The summed E-state index contributed by atoms with van der Waals surface area (Å²) in [6.45, 7) is 9.56. The molecule has 0 unspecified atom stereocenters. The third-order valence-electron chi connectivity index (χ3n) is 12.7. The molecule has 0 saturated heterocycles. The van der Waals surface area contributed by atoms with Crippen molar-refractivity contribution in [3.05, 3.63) is 180 Å². The van der Waals surface area contributed by atoms with Crippen molar-refractivity contribution >= 4 is 43.1 Å². The molecule has 0 fully saturated rings. The van der Waals surface area contributed by atoms with E-state index in [1.807, 2.05) is 0 Å². The molecule has 246 valence electrons. The Morgan fingerprint density at radius 3 is 1.33 bits per heavy atom. The van der Waals surface area contributed by atoms with Crippen LogP contribution in [0.4, 0.5) is 0 Å². The Kier molecular flexibility index (Phi) is 5.89. The van der Waals surface area contributed by atoms with E-state index >= 15 is 0 Å². The summed E-state index contributed by atoms with van der Waals surface area (Å²) < 4.78 is 0. The quantitative estimate of drug-likeness (QED) is 0.162. The van der Waals surface area contributed by atoms with Crippen molar-refractivity contribution in [2.75, 3.05) is 0 Å². The molecule has 0 bridgehead atoms. The van der Waals surface area contributed by atoms with Crippen molar-refractivity contribution < 1.29 is 0 Å². The van der Waals surface area contributed by atoms with Crippen molar-refractivity contribution in [1.29, 1.82) is 0 Å². The topological polar surface area (TPSA) is 0 Å². The molecule has 0 atom stereocenters. The molecular formula is C52H38. The molecule has 52 heavy (non-hydrogen) atoms. The molecule has 2 aliphatic rings. The third-order valence-corrected chi connectivity index (χ3v) is 12.7. The van der Waals surface area contributed by atoms with Gasteiger partial charge in [-0.05, 0) is 116 Å². The minimum absolute atomic E-state index is 0.0994. The minimum Gasteiger partial charge on any atom is -0.0619 e. The van der Waals surface area contributed by atoms with E-state index in [0.717, 1.165) is 0 Å². The molecule has 0 amide bonds. The molecule has 11 rings (SSSR count). The second-order valence-corrected chi connectivity index (χ2v) is 16.0. The standard InChI is InChI=1S/C52H38/c1-51(2)43-25-13-11-17-32(43)39-28-29-40(38-24-15-27-45(51)49(38)39)47-34-19-7-9-21-36(34)48(37-22-10-8-20-35(37)47)42-30-46-50(33-18-6-5-16-31(33)42)41-23-12-14-26-44(41)52(46,3)4/h5-30H,1-4H3. The zero-order valence-electron chi connectivity index (χ0n) is 30.0. The second-order valence-electron chi connectivity index (χ2n) is 16.0. The molecule has 0 saturated carbocycles. The van der Waals surface area contributed by atoms with Gasteiger partial charge in [-0.1, -0.05) is 179 Å². The fourth-order valence-electron chi connectivity index (χ4n) is 10.2. The van der Waals surface area contributed by atoms with E-state index in [2.05, 4.69) is 185 Å². The van der Waals surface area contributed by atoms with Crippen LogP contribution in [0.15, 0.2) is 158 Å². The first-order valence-electron chi connectivity index (χ1n) is 18.6. The summed E-state index contributed by atoms with van der Waals surface area (Å²) in [7, 11) is 0. The Morgan fingerprint density at radius 1 is 0.269 bits per heavy atom. The van der Waals surface area contributed by atoms with Crippen LogP contribution in [0.3, 0.4) is 0 Å². The van der Waals surface area contributed by atoms with Crippen LogP contribution in [-0.2, 0) is 10.8 Å². The highest BCUT2D eigenvalue weighted by Crippen LogP contribution is 2.56. The van der Waals surface area contributed by atoms with Gasteiger partial charge in [0.1, 0.15) is 0 Å². The molecule has 0 nitrogen and oxygen atoms in total. The maximum absolute atomic E-state index is 2.54. The summed E-state index contributed by atoms with van der Waals surface area (Å²) >= 11 is 0. The van der Waals surface area contributed by atoms with Crippen LogP contribution in [0.5, 0.6) is 0 Å². The van der Waals surface area contributed by atoms with Crippen molar-refractivity contribution in [2.24, 2.45) is 0 Å². The Balaban J connectivity index is 1.26. The first-order chi connectivity index (χ1) is 25.4. The van der Waals surface area contributed by atoms with Crippen molar-refractivity contribution in [2.45, 2.75) is 38.5 Å². The van der Waals surface area contributed by atoms with Gasteiger partial charge in [0.05, 0.1) is 0 Å². The first kappa shape index (κ1) is 29.7. The fourth-order valence-corrected chi connectivity index (χ4v) is 10.2. The maximum atomic E-state index is 2.54. The van der Waals surface area contributed by atoms with E-state index in [9.17, 15) is 0 Å². The molecule has 0 heteroatoms. The van der Waals surface area contributed by atoms with Gasteiger partial charge in [-0.2, -0.15) is 0 Å². The summed E-state index contributed by atoms with van der Waals surface area (Å²) in [6, 6.07) is 59.7.